The predicted molar refractivity (Wildman–Crippen MR) is 89.2 cm³/mol. The molecule has 0 radical (unpaired) electrons. The number of carbonyl (C=O) groups excluding carboxylic acids is 1. The van der Waals surface area contributed by atoms with Crippen LogP contribution in [-0.4, -0.2) is 19.1 Å². The number of fused-ring (bicyclic) bond motifs is 1. The van der Waals surface area contributed by atoms with E-state index >= 15 is 0 Å². The van der Waals surface area contributed by atoms with Crippen LogP contribution in [0.1, 0.15) is 6.42 Å². The summed E-state index contributed by atoms with van der Waals surface area (Å²) < 4.78 is 11.1. The van der Waals surface area contributed by atoms with Crippen LogP contribution in [0.4, 0.5) is 5.69 Å². The summed E-state index contributed by atoms with van der Waals surface area (Å²) in [6.07, 6.45) is 0.795. The average Bonchev–Trinajstić information content (AvgIpc) is 3.25. The molecule has 0 saturated carbocycles. The first kappa shape index (κ1) is 14.0. The maximum Gasteiger partial charge on any atom is 0.229 e. The molecule has 0 spiro atoms. The third-order valence-electron chi connectivity index (χ3n) is 4.16. The van der Waals surface area contributed by atoms with Crippen molar-refractivity contribution in [1.29, 1.82) is 0 Å². The molecule has 1 saturated heterocycles. The molecule has 116 valence electrons. The molecule has 1 amide bonds. The second kappa shape index (κ2) is 5.89. The molecule has 1 aromatic heterocycles. The molecular weight excluding hydrogens is 290 g/mol. The highest BCUT2D eigenvalue weighted by Gasteiger charge is 2.23. The van der Waals surface area contributed by atoms with Crippen molar-refractivity contribution in [2.75, 3.05) is 18.5 Å². The number of hydrogen-bond acceptors (Lipinski definition) is 3. The molecule has 23 heavy (non-hydrogen) atoms. The number of hydrogen-bond donors (Lipinski definition) is 1. The van der Waals surface area contributed by atoms with E-state index in [1.165, 1.54) is 0 Å². The lowest BCUT2D eigenvalue weighted by atomic mass is 10.1. The Morgan fingerprint density at radius 2 is 1.91 bits per heavy atom. The summed E-state index contributed by atoms with van der Waals surface area (Å²) in [7, 11) is 0. The Hall–Kier alpha value is -2.59. The van der Waals surface area contributed by atoms with Crippen molar-refractivity contribution in [3.05, 3.63) is 54.6 Å². The van der Waals surface area contributed by atoms with Gasteiger partial charge in [0.1, 0.15) is 11.3 Å². The predicted octanol–water partition coefficient (Wildman–Crippen LogP) is 4.07. The normalized spacial score (nSPS) is 17.5. The van der Waals surface area contributed by atoms with E-state index in [-0.39, 0.29) is 11.8 Å². The van der Waals surface area contributed by atoms with Crippen LogP contribution in [0.5, 0.6) is 0 Å². The van der Waals surface area contributed by atoms with E-state index in [1.54, 1.807) is 0 Å². The Kier molecular flexibility index (Phi) is 3.60. The summed E-state index contributed by atoms with van der Waals surface area (Å²) in [4.78, 5) is 12.1. The summed E-state index contributed by atoms with van der Waals surface area (Å²) in [5.41, 5.74) is 2.66. The average molecular weight is 307 g/mol. The number of anilines is 1. The molecule has 4 nitrogen and oxygen atoms in total. The van der Waals surface area contributed by atoms with E-state index in [4.69, 9.17) is 9.15 Å². The Morgan fingerprint density at radius 3 is 2.65 bits per heavy atom. The van der Waals surface area contributed by atoms with E-state index in [0.29, 0.717) is 13.2 Å². The smallest absolute Gasteiger partial charge is 0.229 e. The van der Waals surface area contributed by atoms with Crippen molar-refractivity contribution in [3.63, 3.8) is 0 Å². The van der Waals surface area contributed by atoms with Gasteiger partial charge in [-0.2, -0.15) is 0 Å². The molecule has 1 N–H and O–H groups in total. The Labute approximate surface area is 134 Å². The van der Waals surface area contributed by atoms with Gasteiger partial charge in [-0.15, -0.1) is 0 Å². The second-order valence-corrected chi connectivity index (χ2v) is 5.78. The van der Waals surface area contributed by atoms with Crippen molar-refractivity contribution in [2.45, 2.75) is 6.42 Å². The number of ether oxygens (including phenoxy) is 1. The number of carbonyl (C=O) groups is 1. The molecule has 1 atom stereocenters. The minimum Gasteiger partial charge on any atom is -0.456 e. The van der Waals surface area contributed by atoms with Crippen LogP contribution in [0.2, 0.25) is 0 Å². The van der Waals surface area contributed by atoms with Crippen molar-refractivity contribution >= 4 is 22.6 Å². The van der Waals surface area contributed by atoms with Gasteiger partial charge >= 0.3 is 0 Å². The van der Waals surface area contributed by atoms with E-state index in [1.807, 2.05) is 54.6 Å². The number of nitrogens with one attached hydrogen (secondary N) is 1. The Bertz CT molecular complexity index is 796. The van der Waals surface area contributed by atoms with Crippen LogP contribution in [0.3, 0.4) is 0 Å². The molecule has 1 unspecified atom stereocenters. The zero-order chi connectivity index (χ0) is 15.6. The van der Waals surface area contributed by atoms with Gasteiger partial charge in [-0.05, 0) is 42.8 Å². The number of amides is 1. The summed E-state index contributed by atoms with van der Waals surface area (Å²) in [6, 6.07) is 17.7. The number of rotatable bonds is 3. The fraction of sp³-hybridized carbons (Fsp3) is 0.211. The number of furan rings is 1. The summed E-state index contributed by atoms with van der Waals surface area (Å²) in [5, 5.41) is 4.02. The third-order valence-corrected chi connectivity index (χ3v) is 4.16. The van der Waals surface area contributed by atoms with Gasteiger partial charge in [-0.25, -0.2) is 0 Å². The van der Waals surface area contributed by atoms with E-state index in [2.05, 4.69) is 5.32 Å². The molecule has 4 rings (SSSR count). The van der Waals surface area contributed by atoms with Crippen LogP contribution < -0.4 is 5.32 Å². The Balaban J connectivity index is 1.52. The Morgan fingerprint density at radius 1 is 1.09 bits per heavy atom. The van der Waals surface area contributed by atoms with Crippen LogP contribution in [0, 0.1) is 5.92 Å². The molecule has 4 heteroatoms. The van der Waals surface area contributed by atoms with Crippen LogP contribution in [0.25, 0.3) is 22.3 Å². The van der Waals surface area contributed by atoms with Gasteiger partial charge in [0.15, 0.2) is 0 Å². The summed E-state index contributed by atoms with van der Waals surface area (Å²) in [5.74, 6) is 0.817. The molecule has 1 aliphatic rings. The SMILES string of the molecule is O=C(Nc1ccc(-c2cc3ccccc3o2)cc1)C1CCOC1. The van der Waals surface area contributed by atoms with Crippen LogP contribution >= 0.6 is 0 Å². The van der Waals surface area contributed by atoms with Crippen LogP contribution in [0.15, 0.2) is 59.0 Å². The summed E-state index contributed by atoms with van der Waals surface area (Å²) >= 11 is 0. The maximum atomic E-state index is 12.1. The molecule has 2 heterocycles. The standard InChI is InChI=1S/C19H17NO3/c21-19(15-9-10-22-12-15)20-16-7-5-13(6-8-16)18-11-14-3-1-2-4-17(14)23-18/h1-8,11,15H,9-10,12H2,(H,20,21). The molecule has 2 aromatic carbocycles. The van der Waals surface area contributed by atoms with E-state index in [9.17, 15) is 4.79 Å². The highest BCUT2D eigenvalue weighted by Crippen LogP contribution is 2.28. The second-order valence-electron chi connectivity index (χ2n) is 5.78. The van der Waals surface area contributed by atoms with Gasteiger partial charge < -0.3 is 14.5 Å². The van der Waals surface area contributed by atoms with Crippen LogP contribution in [-0.2, 0) is 9.53 Å². The van der Waals surface area contributed by atoms with Gasteiger partial charge in [0, 0.05) is 23.2 Å². The minimum absolute atomic E-state index is 0.0268. The fourth-order valence-corrected chi connectivity index (χ4v) is 2.83. The van der Waals surface area contributed by atoms with Gasteiger partial charge in [0.25, 0.3) is 0 Å². The van der Waals surface area contributed by atoms with Gasteiger partial charge in [0.2, 0.25) is 5.91 Å². The molecule has 3 aromatic rings. The van der Waals surface area contributed by atoms with E-state index < -0.39 is 0 Å². The highest BCUT2D eigenvalue weighted by atomic mass is 16.5. The van der Waals surface area contributed by atoms with Gasteiger partial charge in [0.05, 0.1) is 12.5 Å². The zero-order valence-corrected chi connectivity index (χ0v) is 12.6. The topological polar surface area (TPSA) is 51.5 Å². The van der Waals surface area contributed by atoms with Crippen molar-refractivity contribution in [1.82, 2.24) is 0 Å². The molecular formula is C19H17NO3. The number of benzene rings is 2. The van der Waals surface area contributed by atoms with Gasteiger partial charge in [-0.3, -0.25) is 4.79 Å². The first-order chi connectivity index (χ1) is 11.3. The van der Waals surface area contributed by atoms with E-state index in [0.717, 1.165) is 34.4 Å². The lowest BCUT2D eigenvalue weighted by Gasteiger charge is -2.09. The lowest BCUT2D eigenvalue weighted by molar-refractivity contribution is -0.119. The lowest BCUT2D eigenvalue weighted by Crippen LogP contribution is -2.22. The van der Waals surface area contributed by atoms with Gasteiger partial charge in [-0.1, -0.05) is 18.2 Å². The van der Waals surface area contributed by atoms with Crippen molar-refractivity contribution in [3.8, 4) is 11.3 Å². The molecule has 0 aliphatic carbocycles. The fourth-order valence-electron chi connectivity index (χ4n) is 2.83. The first-order valence-electron chi connectivity index (χ1n) is 7.77. The minimum atomic E-state index is -0.0370. The first-order valence-corrected chi connectivity index (χ1v) is 7.77. The maximum absolute atomic E-state index is 12.1. The molecule has 1 aliphatic heterocycles. The zero-order valence-electron chi connectivity index (χ0n) is 12.6. The van der Waals surface area contributed by atoms with Crippen molar-refractivity contribution < 1.29 is 13.9 Å². The largest absolute Gasteiger partial charge is 0.456 e. The third kappa shape index (κ3) is 2.85. The molecule has 0 bridgehead atoms. The quantitative estimate of drug-likeness (QED) is 0.793. The highest BCUT2D eigenvalue weighted by molar-refractivity contribution is 5.93. The monoisotopic (exact) mass is 307 g/mol. The molecule has 1 fully saturated rings. The summed E-state index contributed by atoms with van der Waals surface area (Å²) in [6.45, 7) is 1.19. The van der Waals surface area contributed by atoms with Crippen molar-refractivity contribution in [2.24, 2.45) is 5.92 Å². The number of para-hydroxylation sites is 1.